The molecule has 12 aromatic carbocycles. The summed E-state index contributed by atoms with van der Waals surface area (Å²) in [5, 5.41) is 16.0. The highest BCUT2D eigenvalue weighted by Gasteiger charge is 2.27. The van der Waals surface area contributed by atoms with Gasteiger partial charge < -0.3 is 9.13 Å². The molecule has 0 spiro atoms. The van der Waals surface area contributed by atoms with E-state index in [1.54, 1.807) is 0 Å². The van der Waals surface area contributed by atoms with Gasteiger partial charge in [0.2, 0.25) is 11.9 Å². The van der Waals surface area contributed by atoms with E-state index in [1.807, 2.05) is 0 Å². The number of hydrogen-bond donors (Lipinski definition) is 0. The Morgan fingerprint density at radius 1 is 0.211 bits per heavy atom. The molecule has 0 saturated carbocycles. The van der Waals surface area contributed by atoms with E-state index in [9.17, 15) is 0 Å². The minimum Gasteiger partial charge on any atom is -0.307 e. The van der Waals surface area contributed by atoms with Crippen LogP contribution in [0.25, 0.3) is 154 Å². The maximum atomic E-state index is 5.84. The van der Waals surface area contributed by atoms with Crippen LogP contribution in [-0.2, 0) is 0 Å². The molecule has 0 unspecified atom stereocenters. The Labute approximate surface area is 434 Å². The van der Waals surface area contributed by atoms with Crippen LogP contribution in [0.3, 0.4) is 0 Å². The third-order valence-electron chi connectivity index (χ3n) is 16.0. The average Bonchev–Trinajstić information content (AvgIpc) is 4.43. The van der Waals surface area contributed by atoms with E-state index in [2.05, 4.69) is 267 Å². The third kappa shape index (κ3) is 5.63. The molecule has 7 nitrogen and oxygen atoms in total. The number of aromatic nitrogens is 7. The lowest BCUT2D eigenvalue weighted by Crippen LogP contribution is -2.11. The topological polar surface area (TPSA) is 58.4 Å². The van der Waals surface area contributed by atoms with Crippen molar-refractivity contribution in [2.45, 2.75) is 0 Å². The zero-order valence-corrected chi connectivity index (χ0v) is 40.8. The van der Waals surface area contributed by atoms with Gasteiger partial charge in [0, 0.05) is 59.4 Å². The van der Waals surface area contributed by atoms with Crippen LogP contribution in [0, 0.1) is 0 Å². The predicted molar refractivity (Wildman–Crippen MR) is 315 cm³/mol. The quantitative estimate of drug-likeness (QED) is 0.173. The first-order chi connectivity index (χ1) is 37.7. The first-order valence-corrected chi connectivity index (χ1v) is 25.9. The van der Waals surface area contributed by atoms with Crippen molar-refractivity contribution >= 4 is 120 Å². The van der Waals surface area contributed by atoms with Crippen LogP contribution in [0.4, 0.5) is 0 Å². The van der Waals surface area contributed by atoms with Crippen LogP contribution in [0.2, 0.25) is 0 Å². The smallest absolute Gasteiger partial charge is 0.240 e. The van der Waals surface area contributed by atoms with Gasteiger partial charge in [-0.15, -0.1) is 0 Å². The van der Waals surface area contributed by atoms with Crippen LogP contribution < -0.4 is 0 Å². The number of benzene rings is 12. The molecule has 0 aliphatic rings. The molecule has 0 radical (unpaired) electrons. The van der Waals surface area contributed by atoms with Crippen LogP contribution in [-0.4, -0.2) is 33.2 Å². The number of nitrogens with zero attached hydrogens (tertiary/aromatic N) is 7. The summed E-state index contributed by atoms with van der Waals surface area (Å²) in [5.74, 6) is 1.63. The van der Waals surface area contributed by atoms with E-state index in [0.29, 0.717) is 17.7 Å². The molecule has 352 valence electrons. The highest BCUT2D eigenvalue weighted by Crippen LogP contribution is 2.45. The van der Waals surface area contributed by atoms with Crippen molar-refractivity contribution in [2.75, 3.05) is 0 Å². The Kier molecular flexibility index (Phi) is 8.43. The summed E-state index contributed by atoms with van der Waals surface area (Å²) in [6.45, 7) is 0. The molecule has 0 N–H and O–H groups in total. The van der Waals surface area contributed by atoms with E-state index in [1.165, 1.54) is 32.3 Å². The zero-order valence-electron chi connectivity index (χ0n) is 40.8. The second-order valence-electron chi connectivity index (χ2n) is 19.9. The molecule has 0 saturated heterocycles. The zero-order chi connectivity index (χ0) is 49.6. The molecule has 0 aliphatic carbocycles. The monoisotopic (exact) mass is 967 g/mol. The molecular formula is C69H41N7. The largest absolute Gasteiger partial charge is 0.307 e. The van der Waals surface area contributed by atoms with Crippen molar-refractivity contribution in [3.8, 4) is 34.7 Å². The maximum Gasteiger partial charge on any atom is 0.240 e. The van der Waals surface area contributed by atoms with E-state index < -0.39 is 0 Å². The predicted octanol–water partition coefficient (Wildman–Crippen LogP) is 17.4. The number of fused-ring (bicyclic) bond motifs is 17. The van der Waals surface area contributed by atoms with Crippen molar-refractivity contribution in [3.63, 3.8) is 0 Å². The van der Waals surface area contributed by atoms with Crippen LogP contribution in [0.15, 0.2) is 249 Å². The summed E-state index contributed by atoms with van der Waals surface area (Å²) in [6.07, 6.45) is 0. The molecule has 0 fully saturated rings. The van der Waals surface area contributed by atoms with Crippen molar-refractivity contribution in [2.24, 2.45) is 0 Å². The van der Waals surface area contributed by atoms with E-state index >= 15 is 0 Å². The van der Waals surface area contributed by atoms with Gasteiger partial charge in [0.1, 0.15) is 0 Å². The average molecular weight is 968 g/mol. The molecular weight excluding hydrogens is 927 g/mol. The number of hydrogen-bond acceptors (Lipinski definition) is 3. The van der Waals surface area contributed by atoms with Gasteiger partial charge in [-0.3, -0.25) is 9.13 Å². The third-order valence-corrected chi connectivity index (χ3v) is 16.0. The second-order valence-corrected chi connectivity index (χ2v) is 19.9. The number of para-hydroxylation sites is 4. The Bertz CT molecular complexity index is 5010. The summed E-state index contributed by atoms with van der Waals surface area (Å²) in [6, 6.07) is 89.7. The lowest BCUT2D eigenvalue weighted by atomic mass is 10.0. The molecule has 76 heavy (non-hydrogen) atoms. The van der Waals surface area contributed by atoms with Gasteiger partial charge in [-0.05, 0) is 57.9 Å². The highest BCUT2D eigenvalue weighted by molar-refractivity contribution is 6.26. The van der Waals surface area contributed by atoms with Crippen molar-refractivity contribution in [3.05, 3.63) is 249 Å². The first-order valence-electron chi connectivity index (χ1n) is 25.9. The fourth-order valence-electron chi connectivity index (χ4n) is 12.8. The molecule has 17 rings (SSSR count). The van der Waals surface area contributed by atoms with Gasteiger partial charge >= 0.3 is 0 Å². The van der Waals surface area contributed by atoms with Gasteiger partial charge in [0.15, 0.2) is 5.82 Å². The summed E-state index contributed by atoms with van der Waals surface area (Å²) in [5.41, 5.74) is 11.6. The minimum atomic E-state index is 0.522. The van der Waals surface area contributed by atoms with Gasteiger partial charge in [0.25, 0.3) is 0 Å². The van der Waals surface area contributed by atoms with E-state index in [-0.39, 0.29) is 0 Å². The fourth-order valence-corrected chi connectivity index (χ4v) is 12.8. The Morgan fingerprint density at radius 2 is 0.513 bits per heavy atom. The van der Waals surface area contributed by atoms with Crippen molar-refractivity contribution in [1.82, 2.24) is 33.2 Å². The molecule has 5 heterocycles. The lowest BCUT2D eigenvalue weighted by molar-refractivity contribution is 0.894. The Morgan fingerprint density at radius 3 is 0.934 bits per heavy atom. The van der Waals surface area contributed by atoms with Gasteiger partial charge in [0.05, 0.1) is 55.5 Å². The van der Waals surface area contributed by atoms with E-state index in [4.69, 9.17) is 15.0 Å². The molecule has 0 amide bonds. The minimum absolute atomic E-state index is 0.522. The maximum absolute atomic E-state index is 5.84. The summed E-state index contributed by atoms with van der Waals surface area (Å²) in [7, 11) is 0. The highest BCUT2D eigenvalue weighted by atomic mass is 15.3. The van der Waals surface area contributed by atoms with Crippen LogP contribution >= 0.6 is 0 Å². The summed E-state index contributed by atoms with van der Waals surface area (Å²) < 4.78 is 9.55. The van der Waals surface area contributed by atoms with Gasteiger partial charge in [-0.1, -0.05) is 212 Å². The summed E-state index contributed by atoms with van der Waals surface area (Å²) >= 11 is 0. The number of rotatable bonds is 5. The normalized spacial score (nSPS) is 12.2. The molecule has 17 aromatic rings. The molecule has 0 atom stereocenters. The molecule has 0 bridgehead atoms. The molecule has 0 aliphatic heterocycles. The fraction of sp³-hybridized carbons (Fsp3) is 0. The molecule has 5 aromatic heterocycles. The van der Waals surface area contributed by atoms with Crippen LogP contribution in [0.5, 0.6) is 0 Å². The van der Waals surface area contributed by atoms with E-state index in [0.717, 1.165) is 104 Å². The SMILES string of the molecule is c1ccc2c(-c3nc(-n4c5ccccc5c5ccc6c7ccccc7n(-c7cccc8ccccc78)c6c54)nc(-n4c5ccccc5c5ccc6c7ccccc7n(-c7cccc8ccccc78)c6c54)n3)cccc2c1. The Balaban J connectivity index is 1.06. The van der Waals surface area contributed by atoms with Gasteiger partial charge in [-0.25, -0.2) is 0 Å². The van der Waals surface area contributed by atoms with Crippen LogP contribution in [0.1, 0.15) is 0 Å². The summed E-state index contributed by atoms with van der Waals surface area (Å²) in [4.78, 5) is 17.2. The standard InChI is InChI=1S/C69H41N7/c1-4-24-45-42(18-1)21-15-31-56(45)67-70-68(75-61-34-13-9-29-50(61)54-40-38-52-48-27-7-11-32-59(48)73(63(52)65(54)75)57-36-16-22-43-19-2-5-25-46(43)57)72-69(71-67)76-62-35-14-10-30-51(62)55-41-39-53-49-28-8-12-33-60(49)74(64(53)66(55)76)58-37-17-23-44-20-3-6-26-47(44)58/h1-41H. The van der Waals surface area contributed by atoms with Crippen molar-refractivity contribution < 1.29 is 0 Å². The first kappa shape index (κ1) is 41.1. The molecule has 7 heteroatoms. The lowest BCUT2D eigenvalue weighted by Gasteiger charge is -2.16. The Hall–Kier alpha value is -10.4. The second kappa shape index (κ2) is 15.6. The van der Waals surface area contributed by atoms with Gasteiger partial charge in [-0.2, -0.15) is 15.0 Å². The van der Waals surface area contributed by atoms with Crippen molar-refractivity contribution in [1.29, 1.82) is 0 Å².